The summed E-state index contributed by atoms with van der Waals surface area (Å²) < 4.78 is 5.37. The molecule has 1 N–H and O–H groups in total. The maximum Gasteiger partial charge on any atom is 0.220 e. The van der Waals surface area contributed by atoms with Gasteiger partial charge in [-0.25, -0.2) is 0 Å². The molecule has 1 aromatic rings. The smallest absolute Gasteiger partial charge is 0.220 e. The number of hydrogen-bond acceptors (Lipinski definition) is 2. The average Bonchev–Trinajstić information content (AvgIpc) is 2.34. The number of carbonyl (C=O) groups excluding carboxylic acids is 1. The zero-order valence-corrected chi connectivity index (χ0v) is 10.5. The van der Waals surface area contributed by atoms with Crippen LogP contribution in [0.3, 0.4) is 0 Å². The Balaban J connectivity index is 2.12. The Morgan fingerprint density at radius 1 is 1.41 bits per heavy atom. The molecule has 1 amide bonds. The second-order valence-electron chi connectivity index (χ2n) is 5.08. The second kappa shape index (κ2) is 4.78. The first-order chi connectivity index (χ1) is 8.13. The van der Waals surface area contributed by atoms with Gasteiger partial charge >= 0.3 is 0 Å². The van der Waals surface area contributed by atoms with Gasteiger partial charge in [-0.15, -0.1) is 0 Å². The molecule has 1 fully saturated rings. The third-order valence-electron chi connectivity index (χ3n) is 3.48. The lowest BCUT2D eigenvalue weighted by Crippen LogP contribution is -2.42. The lowest BCUT2D eigenvalue weighted by atomic mass is 9.77. The minimum absolute atomic E-state index is 0.141. The van der Waals surface area contributed by atoms with Gasteiger partial charge < -0.3 is 10.1 Å². The number of para-hydroxylation sites is 1. The van der Waals surface area contributed by atoms with Crippen molar-refractivity contribution in [1.82, 2.24) is 5.32 Å². The fourth-order valence-electron chi connectivity index (χ4n) is 2.36. The topological polar surface area (TPSA) is 38.3 Å². The predicted molar refractivity (Wildman–Crippen MR) is 67.0 cm³/mol. The van der Waals surface area contributed by atoms with Crippen LogP contribution in [-0.4, -0.2) is 19.6 Å². The summed E-state index contributed by atoms with van der Waals surface area (Å²) in [6.07, 6.45) is 2.51. The monoisotopic (exact) mass is 233 g/mol. The fraction of sp³-hybridized carbons (Fsp3) is 0.500. The number of piperidine rings is 1. The highest BCUT2D eigenvalue weighted by Gasteiger charge is 2.30. The molecule has 0 bridgehead atoms. The number of amides is 1. The van der Waals surface area contributed by atoms with Crippen molar-refractivity contribution in [2.75, 3.05) is 13.7 Å². The van der Waals surface area contributed by atoms with E-state index in [2.05, 4.69) is 18.3 Å². The van der Waals surface area contributed by atoms with Crippen LogP contribution in [0.1, 0.15) is 25.3 Å². The number of hydrogen-bond donors (Lipinski definition) is 1. The summed E-state index contributed by atoms with van der Waals surface area (Å²) in [5, 5.41) is 2.95. The van der Waals surface area contributed by atoms with Gasteiger partial charge in [0.15, 0.2) is 0 Å². The minimum Gasteiger partial charge on any atom is -0.496 e. The maximum absolute atomic E-state index is 11.2. The van der Waals surface area contributed by atoms with Gasteiger partial charge in [-0.1, -0.05) is 25.1 Å². The van der Waals surface area contributed by atoms with Crippen LogP contribution in [0.5, 0.6) is 5.75 Å². The Hall–Kier alpha value is -1.51. The predicted octanol–water partition coefficient (Wildman–Crippen LogP) is 2.15. The molecule has 1 unspecified atom stereocenters. The van der Waals surface area contributed by atoms with Crippen LogP contribution in [0.15, 0.2) is 24.3 Å². The standard InChI is InChI=1S/C14H19NO2/c1-14(8-7-13(16)15-10-14)9-11-5-3-4-6-12(11)17-2/h3-6H,7-10H2,1-2H3,(H,15,16). The Morgan fingerprint density at radius 3 is 2.82 bits per heavy atom. The van der Waals surface area contributed by atoms with Crippen molar-refractivity contribution in [2.45, 2.75) is 26.2 Å². The molecule has 0 aromatic heterocycles. The van der Waals surface area contributed by atoms with Crippen molar-refractivity contribution >= 4 is 5.91 Å². The van der Waals surface area contributed by atoms with E-state index in [9.17, 15) is 4.79 Å². The quantitative estimate of drug-likeness (QED) is 0.868. The summed E-state index contributed by atoms with van der Waals surface area (Å²) in [6, 6.07) is 8.09. The van der Waals surface area contributed by atoms with E-state index in [-0.39, 0.29) is 11.3 Å². The van der Waals surface area contributed by atoms with E-state index in [0.29, 0.717) is 6.42 Å². The van der Waals surface area contributed by atoms with Gasteiger partial charge in [0, 0.05) is 13.0 Å². The van der Waals surface area contributed by atoms with Gasteiger partial charge in [-0.2, -0.15) is 0 Å². The first-order valence-electron chi connectivity index (χ1n) is 6.02. The zero-order valence-electron chi connectivity index (χ0n) is 10.5. The van der Waals surface area contributed by atoms with Crippen LogP contribution in [-0.2, 0) is 11.2 Å². The summed E-state index contributed by atoms with van der Waals surface area (Å²) in [6.45, 7) is 2.97. The van der Waals surface area contributed by atoms with E-state index in [1.165, 1.54) is 5.56 Å². The van der Waals surface area contributed by atoms with E-state index >= 15 is 0 Å². The van der Waals surface area contributed by atoms with Gasteiger partial charge in [0.1, 0.15) is 5.75 Å². The van der Waals surface area contributed by atoms with Crippen molar-refractivity contribution < 1.29 is 9.53 Å². The molecule has 2 rings (SSSR count). The van der Waals surface area contributed by atoms with Crippen LogP contribution in [0.25, 0.3) is 0 Å². The van der Waals surface area contributed by atoms with Gasteiger partial charge in [-0.05, 0) is 29.9 Å². The molecular formula is C14H19NO2. The summed E-state index contributed by atoms with van der Waals surface area (Å²) in [7, 11) is 1.70. The maximum atomic E-state index is 11.2. The van der Waals surface area contributed by atoms with Gasteiger partial charge in [0.05, 0.1) is 7.11 Å². The molecule has 0 saturated carbocycles. The Morgan fingerprint density at radius 2 is 2.18 bits per heavy atom. The number of methoxy groups -OCH3 is 1. The van der Waals surface area contributed by atoms with Crippen molar-refractivity contribution in [3.63, 3.8) is 0 Å². The lowest BCUT2D eigenvalue weighted by molar-refractivity contribution is -0.124. The molecule has 1 heterocycles. The zero-order chi connectivity index (χ0) is 12.3. The van der Waals surface area contributed by atoms with E-state index in [1.807, 2.05) is 18.2 Å². The van der Waals surface area contributed by atoms with E-state index in [1.54, 1.807) is 7.11 Å². The van der Waals surface area contributed by atoms with Crippen LogP contribution in [0.4, 0.5) is 0 Å². The van der Waals surface area contributed by atoms with Crippen LogP contribution in [0, 0.1) is 5.41 Å². The molecule has 0 spiro atoms. The summed E-state index contributed by atoms with van der Waals surface area (Å²) >= 11 is 0. The number of benzene rings is 1. The van der Waals surface area contributed by atoms with E-state index < -0.39 is 0 Å². The lowest BCUT2D eigenvalue weighted by Gasteiger charge is -2.34. The van der Waals surface area contributed by atoms with Gasteiger partial charge in [-0.3, -0.25) is 4.79 Å². The van der Waals surface area contributed by atoms with Crippen molar-refractivity contribution in [1.29, 1.82) is 0 Å². The first-order valence-corrected chi connectivity index (χ1v) is 6.02. The molecule has 1 aliphatic heterocycles. The van der Waals surface area contributed by atoms with E-state index in [0.717, 1.165) is 25.1 Å². The largest absolute Gasteiger partial charge is 0.496 e. The SMILES string of the molecule is COc1ccccc1CC1(C)CCC(=O)NC1. The van der Waals surface area contributed by atoms with E-state index in [4.69, 9.17) is 4.74 Å². The average molecular weight is 233 g/mol. The summed E-state index contributed by atoms with van der Waals surface area (Å²) in [4.78, 5) is 11.2. The molecule has 1 atom stereocenters. The molecule has 1 saturated heterocycles. The molecule has 3 nitrogen and oxygen atoms in total. The molecular weight excluding hydrogens is 214 g/mol. The third kappa shape index (κ3) is 2.78. The second-order valence-corrected chi connectivity index (χ2v) is 5.08. The molecule has 0 radical (unpaired) electrons. The number of nitrogens with one attached hydrogen (secondary N) is 1. The third-order valence-corrected chi connectivity index (χ3v) is 3.48. The van der Waals surface area contributed by atoms with Crippen LogP contribution in [0.2, 0.25) is 0 Å². The van der Waals surface area contributed by atoms with Crippen molar-refractivity contribution in [3.8, 4) is 5.75 Å². The minimum atomic E-state index is 0.141. The molecule has 1 aliphatic rings. The number of rotatable bonds is 3. The fourth-order valence-corrected chi connectivity index (χ4v) is 2.36. The molecule has 0 aliphatic carbocycles. The number of ether oxygens (including phenoxy) is 1. The molecule has 92 valence electrons. The molecule has 17 heavy (non-hydrogen) atoms. The first kappa shape index (κ1) is 12.0. The normalized spacial score (nSPS) is 24.2. The summed E-state index contributed by atoms with van der Waals surface area (Å²) in [5.41, 5.74) is 1.36. The van der Waals surface area contributed by atoms with Crippen molar-refractivity contribution in [2.24, 2.45) is 5.41 Å². The summed E-state index contributed by atoms with van der Waals surface area (Å²) in [5.74, 6) is 1.10. The van der Waals surface area contributed by atoms with Gasteiger partial charge in [0.25, 0.3) is 0 Å². The van der Waals surface area contributed by atoms with Crippen LogP contribution >= 0.6 is 0 Å². The highest BCUT2D eigenvalue weighted by molar-refractivity contribution is 5.76. The van der Waals surface area contributed by atoms with Gasteiger partial charge in [0.2, 0.25) is 5.91 Å². The Bertz CT molecular complexity index is 404. The van der Waals surface area contributed by atoms with Crippen molar-refractivity contribution in [3.05, 3.63) is 29.8 Å². The molecule has 1 aromatic carbocycles. The highest BCUT2D eigenvalue weighted by atomic mass is 16.5. The number of carbonyl (C=O) groups is 1. The Labute approximate surface area is 102 Å². The Kier molecular flexibility index (Phi) is 3.36. The highest BCUT2D eigenvalue weighted by Crippen LogP contribution is 2.33. The molecule has 3 heteroatoms. The van der Waals surface area contributed by atoms with Crippen LogP contribution < -0.4 is 10.1 Å².